The first-order chi connectivity index (χ1) is 12.6. The fourth-order valence-electron chi connectivity index (χ4n) is 3.41. The zero-order chi connectivity index (χ0) is 18.5. The van der Waals surface area contributed by atoms with E-state index in [-0.39, 0.29) is 11.9 Å². The predicted molar refractivity (Wildman–Crippen MR) is 102 cm³/mol. The Kier molecular flexibility index (Phi) is 5.89. The number of nitrogens with one attached hydrogen (secondary N) is 1. The van der Waals surface area contributed by atoms with E-state index in [1.807, 2.05) is 51.2 Å². The van der Waals surface area contributed by atoms with Crippen LogP contribution < -0.4 is 10.1 Å². The van der Waals surface area contributed by atoms with Gasteiger partial charge in [0, 0.05) is 18.3 Å². The minimum Gasteiger partial charge on any atom is -0.438 e. The van der Waals surface area contributed by atoms with Gasteiger partial charge in [0.25, 0.3) is 0 Å². The Hall–Kier alpha value is -2.40. The molecule has 0 unspecified atom stereocenters. The molecule has 0 saturated carbocycles. The number of piperidine rings is 1. The number of pyridine rings is 1. The van der Waals surface area contributed by atoms with Gasteiger partial charge in [0.15, 0.2) is 0 Å². The first-order valence-corrected chi connectivity index (χ1v) is 9.22. The summed E-state index contributed by atoms with van der Waals surface area (Å²) in [5, 5.41) is 3.05. The van der Waals surface area contributed by atoms with Crippen LogP contribution in [0.4, 0.5) is 0 Å². The van der Waals surface area contributed by atoms with Gasteiger partial charge in [0.05, 0.1) is 6.04 Å². The summed E-state index contributed by atoms with van der Waals surface area (Å²) < 4.78 is 6.10. The molecular weight excluding hydrogens is 326 g/mol. The van der Waals surface area contributed by atoms with Crippen molar-refractivity contribution in [3.8, 4) is 11.6 Å². The van der Waals surface area contributed by atoms with E-state index < -0.39 is 0 Å². The molecule has 5 nitrogen and oxygen atoms in total. The molecule has 0 aliphatic carbocycles. The third kappa shape index (κ3) is 4.22. The van der Waals surface area contributed by atoms with Crippen LogP contribution in [0, 0.1) is 13.8 Å². The Labute approximate surface area is 155 Å². The number of para-hydroxylation sites is 1. The third-order valence-electron chi connectivity index (χ3n) is 4.98. The Morgan fingerprint density at radius 1 is 1.23 bits per heavy atom. The van der Waals surface area contributed by atoms with Crippen molar-refractivity contribution in [2.75, 3.05) is 13.6 Å². The van der Waals surface area contributed by atoms with E-state index in [0.717, 1.165) is 48.2 Å². The van der Waals surface area contributed by atoms with Gasteiger partial charge in [-0.05, 0) is 57.5 Å². The van der Waals surface area contributed by atoms with Crippen LogP contribution in [0.1, 0.15) is 36.0 Å². The molecule has 26 heavy (non-hydrogen) atoms. The number of hydrogen-bond donors (Lipinski definition) is 1. The first-order valence-electron chi connectivity index (χ1n) is 9.22. The van der Waals surface area contributed by atoms with Crippen LogP contribution in [0.5, 0.6) is 11.6 Å². The smallest absolute Gasteiger partial charge is 0.237 e. The molecule has 1 atom stereocenters. The molecule has 1 aliphatic rings. The van der Waals surface area contributed by atoms with Crippen molar-refractivity contribution < 1.29 is 9.53 Å². The van der Waals surface area contributed by atoms with Crippen LogP contribution in [-0.4, -0.2) is 35.4 Å². The lowest BCUT2D eigenvalue weighted by Gasteiger charge is -2.31. The monoisotopic (exact) mass is 353 g/mol. The molecule has 1 fully saturated rings. The topological polar surface area (TPSA) is 54.5 Å². The minimum absolute atomic E-state index is 0.0385. The molecular formula is C21H27N3O2. The summed E-state index contributed by atoms with van der Waals surface area (Å²) in [7, 11) is 2.02. The molecule has 0 spiro atoms. The van der Waals surface area contributed by atoms with E-state index in [0.29, 0.717) is 12.4 Å². The van der Waals surface area contributed by atoms with Gasteiger partial charge in [-0.3, -0.25) is 9.69 Å². The standard InChI is InChI=1S/C21H27N3O2/c1-15-8-6-9-16(2)19(15)26-21-17(10-7-12-22-21)14-23-20(25)18-11-4-5-13-24(18)3/h6-10,12,18H,4-5,11,13-14H2,1-3H3,(H,23,25)/t18-/m1/s1. The second-order valence-electron chi connectivity index (χ2n) is 7.00. The van der Waals surface area contributed by atoms with Crippen LogP contribution in [0.3, 0.4) is 0 Å². The van der Waals surface area contributed by atoms with Crippen molar-refractivity contribution >= 4 is 5.91 Å². The highest BCUT2D eigenvalue weighted by Crippen LogP contribution is 2.29. The average Bonchev–Trinajstić information content (AvgIpc) is 2.64. The summed E-state index contributed by atoms with van der Waals surface area (Å²) in [6, 6.07) is 9.82. The maximum Gasteiger partial charge on any atom is 0.237 e. The summed E-state index contributed by atoms with van der Waals surface area (Å²) in [6.07, 6.45) is 4.90. The van der Waals surface area contributed by atoms with Gasteiger partial charge >= 0.3 is 0 Å². The normalized spacial score (nSPS) is 17.7. The van der Waals surface area contributed by atoms with Gasteiger partial charge in [-0.15, -0.1) is 0 Å². The number of amides is 1. The number of carbonyl (C=O) groups is 1. The van der Waals surface area contributed by atoms with Gasteiger partial charge in [-0.1, -0.05) is 30.7 Å². The molecule has 1 aromatic heterocycles. The lowest BCUT2D eigenvalue weighted by Crippen LogP contribution is -2.47. The highest BCUT2D eigenvalue weighted by Gasteiger charge is 2.25. The molecule has 5 heteroatoms. The first kappa shape index (κ1) is 18.4. The molecule has 0 bridgehead atoms. The van der Waals surface area contributed by atoms with Crippen LogP contribution in [0.15, 0.2) is 36.5 Å². The summed E-state index contributed by atoms with van der Waals surface area (Å²) >= 11 is 0. The number of likely N-dealkylation sites (N-methyl/N-ethyl adjacent to an activating group) is 1. The van der Waals surface area contributed by atoms with E-state index >= 15 is 0 Å². The second kappa shape index (κ2) is 8.32. The Morgan fingerprint density at radius 2 is 2.00 bits per heavy atom. The molecule has 138 valence electrons. The number of aryl methyl sites for hydroxylation is 2. The molecule has 1 amide bonds. The second-order valence-corrected chi connectivity index (χ2v) is 7.00. The minimum atomic E-state index is -0.0385. The van der Waals surface area contributed by atoms with Crippen molar-refractivity contribution in [3.63, 3.8) is 0 Å². The number of aromatic nitrogens is 1. The van der Waals surface area contributed by atoms with Gasteiger partial charge in [0.2, 0.25) is 11.8 Å². The van der Waals surface area contributed by atoms with Crippen molar-refractivity contribution in [3.05, 3.63) is 53.2 Å². The van der Waals surface area contributed by atoms with Crippen LogP contribution in [0.2, 0.25) is 0 Å². The van der Waals surface area contributed by atoms with Crippen LogP contribution >= 0.6 is 0 Å². The zero-order valence-electron chi connectivity index (χ0n) is 15.8. The number of likely N-dealkylation sites (tertiary alicyclic amines) is 1. The summed E-state index contributed by atoms with van der Waals surface area (Å²) in [5.74, 6) is 1.45. The zero-order valence-corrected chi connectivity index (χ0v) is 15.8. The van der Waals surface area contributed by atoms with E-state index in [9.17, 15) is 4.79 Å². The fraction of sp³-hybridized carbons (Fsp3) is 0.429. The molecule has 2 aromatic rings. The number of rotatable bonds is 5. The van der Waals surface area contributed by atoms with Crippen molar-refractivity contribution in [1.82, 2.24) is 15.2 Å². The largest absolute Gasteiger partial charge is 0.438 e. The highest BCUT2D eigenvalue weighted by molar-refractivity contribution is 5.81. The molecule has 1 aromatic carbocycles. The number of ether oxygens (including phenoxy) is 1. The van der Waals surface area contributed by atoms with E-state index in [1.54, 1.807) is 6.20 Å². The van der Waals surface area contributed by atoms with E-state index in [2.05, 4.69) is 15.2 Å². The average molecular weight is 353 g/mol. The summed E-state index contributed by atoms with van der Waals surface area (Å²) in [4.78, 5) is 19.1. The lowest BCUT2D eigenvalue weighted by atomic mass is 10.0. The highest BCUT2D eigenvalue weighted by atomic mass is 16.5. The number of nitrogens with zero attached hydrogens (tertiary/aromatic N) is 2. The number of benzene rings is 1. The van der Waals surface area contributed by atoms with Crippen molar-refractivity contribution in [2.24, 2.45) is 0 Å². The number of carbonyl (C=O) groups excluding carboxylic acids is 1. The molecule has 1 saturated heterocycles. The molecule has 0 radical (unpaired) electrons. The Balaban J connectivity index is 1.70. The van der Waals surface area contributed by atoms with Gasteiger partial charge in [0.1, 0.15) is 5.75 Å². The van der Waals surface area contributed by atoms with Crippen molar-refractivity contribution in [1.29, 1.82) is 0 Å². The van der Waals surface area contributed by atoms with Crippen LogP contribution in [0.25, 0.3) is 0 Å². The van der Waals surface area contributed by atoms with E-state index in [4.69, 9.17) is 4.74 Å². The lowest BCUT2D eigenvalue weighted by molar-refractivity contribution is -0.127. The third-order valence-corrected chi connectivity index (χ3v) is 4.98. The predicted octanol–water partition coefficient (Wildman–Crippen LogP) is 3.59. The molecule has 3 rings (SSSR count). The van der Waals surface area contributed by atoms with Gasteiger partial charge < -0.3 is 10.1 Å². The SMILES string of the molecule is Cc1cccc(C)c1Oc1ncccc1CNC(=O)[C@H]1CCCCN1C. The summed E-state index contributed by atoms with van der Waals surface area (Å²) in [6.45, 7) is 5.43. The maximum absolute atomic E-state index is 12.5. The maximum atomic E-state index is 12.5. The van der Waals surface area contributed by atoms with Gasteiger partial charge in [-0.2, -0.15) is 0 Å². The number of hydrogen-bond acceptors (Lipinski definition) is 4. The molecule has 2 heterocycles. The van der Waals surface area contributed by atoms with Crippen molar-refractivity contribution in [2.45, 2.75) is 45.7 Å². The Morgan fingerprint density at radius 3 is 2.73 bits per heavy atom. The Bertz CT molecular complexity index is 755. The van der Waals surface area contributed by atoms with E-state index in [1.165, 1.54) is 0 Å². The fourth-order valence-corrected chi connectivity index (χ4v) is 3.41. The van der Waals surface area contributed by atoms with Gasteiger partial charge in [-0.25, -0.2) is 4.98 Å². The quantitative estimate of drug-likeness (QED) is 0.892. The molecule has 1 aliphatic heterocycles. The summed E-state index contributed by atoms with van der Waals surface area (Å²) in [5.41, 5.74) is 3.01. The molecule has 1 N–H and O–H groups in total. The van der Waals surface area contributed by atoms with Crippen LogP contribution in [-0.2, 0) is 11.3 Å².